The normalized spacial score (nSPS) is 18.6. The maximum atomic E-state index is 10.8. The molecule has 0 radical (unpaired) electrons. The van der Waals surface area contributed by atoms with E-state index in [1.54, 1.807) is 0 Å². The van der Waals surface area contributed by atoms with Crippen LogP contribution in [0.2, 0.25) is 0 Å². The summed E-state index contributed by atoms with van der Waals surface area (Å²) in [7, 11) is -23.0. The number of phosphoric ester groups is 2. The van der Waals surface area contributed by atoms with E-state index in [0.29, 0.717) is 0 Å². The predicted octanol–water partition coefficient (Wildman–Crippen LogP) is -10.1. The van der Waals surface area contributed by atoms with E-state index in [4.69, 9.17) is 20.4 Å². The first kappa shape index (κ1) is 53.9. The number of carbonyl (C=O) groups excluding carboxylic acids is 2. The molecule has 0 saturated heterocycles. The smallest absolute Gasteiger partial charge is 0.790 e. The molecular weight excluding hydrogens is 848 g/mol. The van der Waals surface area contributed by atoms with Crippen LogP contribution in [0.15, 0.2) is 0 Å². The summed E-state index contributed by atoms with van der Waals surface area (Å²) in [5.74, 6) is -2.52. The Hall–Kier alpha value is 1.41. The topological polar surface area (TPSA) is 440 Å². The first-order valence-electron chi connectivity index (χ1n) is 9.52. The molecule has 8 atom stereocenters. The maximum Gasteiger partial charge on any atom is 2.00 e. The molecule has 0 aliphatic heterocycles. The molecule has 8 N–H and O–H groups in total. The van der Waals surface area contributed by atoms with Crippen molar-refractivity contribution in [3.8, 4) is 0 Å². The van der Waals surface area contributed by atoms with Gasteiger partial charge in [-0.2, -0.15) is 0 Å². The van der Waals surface area contributed by atoms with Crippen molar-refractivity contribution in [3.63, 3.8) is 0 Å². The molecule has 240 valence electrons. The third-order valence-corrected chi connectivity index (χ3v) is 7.74. The summed E-state index contributed by atoms with van der Waals surface area (Å²) < 4.78 is 55.2. The number of aliphatic hydroxyl groups is 8. The zero-order valence-corrected chi connectivity index (χ0v) is 33.8. The minimum Gasteiger partial charge on any atom is -0.790 e. The van der Waals surface area contributed by atoms with Crippen LogP contribution in [-0.4, -0.2) is 115 Å². The molecule has 43 heavy (non-hydrogen) atoms. The molecule has 0 rings (SSSR count). The largest absolute Gasteiger partial charge is 2.00 e. The second kappa shape index (κ2) is 23.7. The molecule has 31 heteroatoms. The summed E-state index contributed by atoms with van der Waals surface area (Å²) in [5, 5.41) is 71.7. The van der Waals surface area contributed by atoms with Crippen molar-refractivity contribution in [1.29, 1.82) is 0 Å². The van der Waals surface area contributed by atoms with Crippen molar-refractivity contribution in [2.24, 2.45) is 0 Å². The molecule has 0 saturated carbocycles. The van der Waals surface area contributed by atoms with Crippen LogP contribution in [0.5, 0.6) is 0 Å². The molecule has 2 unspecified atom stereocenters. The van der Waals surface area contributed by atoms with Gasteiger partial charge in [-0.15, -0.1) is 0 Å². The summed E-state index contributed by atoms with van der Waals surface area (Å²) >= 11 is 0. The molecule has 0 spiro atoms. The number of phosphoric acid groups is 4. The van der Waals surface area contributed by atoms with Crippen LogP contribution < -0.4 is 29.4 Å². The summed E-state index contributed by atoms with van der Waals surface area (Å²) in [5.41, 5.74) is 0. The van der Waals surface area contributed by atoms with Crippen molar-refractivity contribution in [1.82, 2.24) is 0 Å². The Balaban J connectivity index is -0.000000209. The van der Waals surface area contributed by atoms with Crippen LogP contribution in [0.4, 0.5) is 0 Å². The van der Waals surface area contributed by atoms with Gasteiger partial charge in [0.15, 0.2) is 11.6 Å². The van der Waals surface area contributed by atoms with Gasteiger partial charge >= 0.3 is 58.4 Å². The van der Waals surface area contributed by atoms with Crippen molar-refractivity contribution in [2.45, 2.75) is 36.6 Å². The van der Waals surface area contributed by atoms with Crippen LogP contribution in [-0.2, 0) is 104 Å². The number of hydrogen-bond acceptors (Lipinski definition) is 24. The fourth-order valence-electron chi connectivity index (χ4n) is 1.81. The second-order valence-corrected chi connectivity index (χ2v) is 12.2. The van der Waals surface area contributed by atoms with Crippen molar-refractivity contribution >= 4 is 42.9 Å². The standard InChI is InChI=1S/2C6H14O12P2.3Zn/c2*7-1-3(8)5(10)6(11)4(9)2-17-20(15,16)18-19(12,13)14;;;/h2*4-7,9-11H,1-2H2,(H,15,16)(H2,12,13,14);;;/q;;3*+2/p-6/t2*4-,5-,6-;;;/m11.../s1. The Morgan fingerprint density at radius 2 is 0.791 bits per heavy atom. The molecule has 0 amide bonds. The van der Waals surface area contributed by atoms with E-state index in [1.807, 2.05) is 0 Å². The van der Waals surface area contributed by atoms with Gasteiger partial charge in [0.2, 0.25) is 0 Å². The zero-order chi connectivity index (χ0) is 32.3. The first-order valence-corrected chi connectivity index (χ1v) is 15.4. The molecule has 0 aliphatic rings. The average molecular weight is 870 g/mol. The van der Waals surface area contributed by atoms with E-state index in [1.165, 1.54) is 0 Å². The predicted molar refractivity (Wildman–Crippen MR) is 105 cm³/mol. The quantitative estimate of drug-likeness (QED) is 0.0468. The molecule has 0 fully saturated rings. The van der Waals surface area contributed by atoms with E-state index < -0.39 is 106 Å². The Kier molecular flexibility index (Phi) is 29.7. The maximum absolute atomic E-state index is 10.8. The Morgan fingerprint density at radius 1 is 0.558 bits per heavy atom. The fourth-order valence-corrected chi connectivity index (χ4v) is 4.82. The number of Topliss-reactive ketones (excluding diaryl/α,β-unsaturated/α-hetero) is 2. The summed E-state index contributed by atoms with van der Waals surface area (Å²) in [6, 6.07) is 0. The van der Waals surface area contributed by atoms with Crippen LogP contribution in [0.1, 0.15) is 0 Å². The number of aliphatic hydroxyl groups excluding tert-OH is 8. The van der Waals surface area contributed by atoms with E-state index >= 15 is 0 Å². The van der Waals surface area contributed by atoms with Crippen LogP contribution in [0.25, 0.3) is 0 Å². The minimum atomic E-state index is -5.89. The molecule has 24 nitrogen and oxygen atoms in total. The number of carbonyl (C=O) groups is 2. The number of rotatable bonds is 18. The molecule has 0 heterocycles. The molecule has 0 aromatic rings. The van der Waals surface area contributed by atoms with Crippen LogP contribution in [0.3, 0.4) is 0 Å². The van der Waals surface area contributed by atoms with E-state index in [9.17, 15) is 77.6 Å². The Labute approximate surface area is 279 Å². The molecule has 0 aliphatic carbocycles. The minimum absolute atomic E-state index is 0. The number of hydrogen-bond donors (Lipinski definition) is 8. The third-order valence-electron chi connectivity index (χ3n) is 3.61. The second-order valence-electron chi connectivity index (χ2n) is 6.80. The van der Waals surface area contributed by atoms with Crippen molar-refractivity contribution < 1.29 is 174 Å². The van der Waals surface area contributed by atoms with Gasteiger partial charge in [-0.1, -0.05) is 0 Å². The van der Waals surface area contributed by atoms with Gasteiger partial charge in [0.05, 0.1) is 28.9 Å². The first-order chi connectivity index (χ1) is 17.8. The van der Waals surface area contributed by atoms with E-state index in [0.717, 1.165) is 0 Å². The van der Waals surface area contributed by atoms with Crippen LogP contribution in [0, 0.1) is 0 Å². The third kappa shape index (κ3) is 26.1. The monoisotopic (exact) mass is 866 g/mol. The van der Waals surface area contributed by atoms with Gasteiger partial charge < -0.3 is 88.4 Å². The summed E-state index contributed by atoms with van der Waals surface area (Å²) in [6.45, 7) is -4.91. The van der Waals surface area contributed by atoms with Gasteiger partial charge in [-0.05, 0) is 0 Å². The molecule has 0 aromatic heterocycles. The Morgan fingerprint density at radius 3 is 0.977 bits per heavy atom. The van der Waals surface area contributed by atoms with Crippen molar-refractivity contribution in [3.05, 3.63) is 0 Å². The summed E-state index contributed by atoms with van der Waals surface area (Å²) in [6.07, 6.45) is -13.2. The molecular formula is C12H22O24P4Zn3. The van der Waals surface area contributed by atoms with Gasteiger partial charge in [0.1, 0.15) is 49.8 Å². The van der Waals surface area contributed by atoms with Gasteiger partial charge in [-0.25, -0.2) is 0 Å². The van der Waals surface area contributed by atoms with Crippen molar-refractivity contribution in [2.75, 3.05) is 26.4 Å². The van der Waals surface area contributed by atoms with E-state index in [2.05, 4.69) is 17.7 Å². The molecule has 0 bridgehead atoms. The Bertz CT molecular complexity index is 926. The van der Waals surface area contributed by atoms with E-state index in [-0.39, 0.29) is 58.4 Å². The number of ketones is 2. The summed E-state index contributed by atoms with van der Waals surface area (Å²) in [4.78, 5) is 83.3. The molecule has 0 aromatic carbocycles. The van der Waals surface area contributed by atoms with Gasteiger partial charge in [0.25, 0.3) is 15.6 Å². The van der Waals surface area contributed by atoms with Crippen LogP contribution >= 0.6 is 31.3 Å². The van der Waals surface area contributed by atoms with Gasteiger partial charge in [-0.3, -0.25) is 27.3 Å². The van der Waals surface area contributed by atoms with Gasteiger partial charge in [0, 0.05) is 0 Å². The zero-order valence-electron chi connectivity index (χ0n) is 21.3. The average Bonchev–Trinajstić information content (AvgIpc) is 2.80. The SMILES string of the molecule is O=C(CO)[C@@H](O)[C@H](O)[C@H](O)COP(=O)([O-])OP(=O)([O-])[O-].O=C(CO)[C@@H](O)[C@H](O)[C@H](O)COP(=O)([O-])OP(=O)([O-])[O-].[Zn+2].[Zn+2].[Zn+2]. The fraction of sp³-hybridized carbons (Fsp3) is 0.833.